The van der Waals surface area contributed by atoms with E-state index >= 15 is 0 Å². The van der Waals surface area contributed by atoms with E-state index in [1.54, 1.807) is 29.2 Å². The van der Waals surface area contributed by atoms with Gasteiger partial charge in [-0.25, -0.2) is 14.0 Å². The van der Waals surface area contributed by atoms with Crippen molar-refractivity contribution < 1.29 is 23.5 Å². The summed E-state index contributed by atoms with van der Waals surface area (Å²) in [5, 5.41) is 14.2. The van der Waals surface area contributed by atoms with E-state index in [1.165, 1.54) is 31.4 Å². The maximum atomic E-state index is 13.0. The van der Waals surface area contributed by atoms with Crippen molar-refractivity contribution in [2.75, 3.05) is 24.3 Å². The van der Waals surface area contributed by atoms with Crippen molar-refractivity contribution in [3.05, 3.63) is 69.9 Å². The molecule has 0 unspecified atom stereocenters. The number of carbonyl (C=O) groups is 3. The van der Waals surface area contributed by atoms with Crippen molar-refractivity contribution in [3.8, 4) is 0 Å². The number of esters is 1. The fourth-order valence-corrected chi connectivity index (χ4v) is 4.40. The van der Waals surface area contributed by atoms with Crippen molar-refractivity contribution in [1.29, 1.82) is 0 Å². The lowest BCUT2D eigenvalue weighted by Crippen LogP contribution is -2.34. The Morgan fingerprint density at radius 1 is 1.09 bits per heavy atom. The zero-order chi connectivity index (χ0) is 23.4. The number of para-hydroxylation sites is 1. The molecular weight excluding hydrogens is 449 g/mol. The van der Waals surface area contributed by atoms with Gasteiger partial charge in [-0.15, -0.1) is 10.2 Å². The fourth-order valence-electron chi connectivity index (χ4n) is 3.51. The third-order valence-electron chi connectivity index (χ3n) is 5.11. The molecule has 1 saturated heterocycles. The Hall–Kier alpha value is -3.86. The summed E-state index contributed by atoms with van der Waals surface area (Å²) < 4.78 is 17.8. The molecule has 0 spiro atoms. The number of amides is 3. The summed E-state index contributed by atoms with van der Waals surface area (Å²) in [6, 6.07) is 11.2. The summed E-state index contributed by atoms with van der Waals surface area (Å²) in [5.74, 6) is -1.42. The van der Waals surface area contributed by atoms with E-state index in [9.17, 15) is 18.8 Å². The number of anilines is 2. The summed E-state index contributed by atoms with van der Waals surface area (Å²) in [7, 11) is 1.27. The van der Waals surface area contributed by atoms with Gasteiger partial charge in [0.15, 0.2) is 0 Å². The Morgan fingerprint density at radius 2 is 1.85 bits per heavy atom. The molecule has 1 fully saturated rings. The van der Waals surface area contributed by atoms with Gasteiger partial charge in [0, 0.05) is 12.2 Å². The van der Waals surface area contributed by atoms with Crippen LogP contribution in [0, 0.1) is 5.82 Å². The number of ether oxygens (including phenoxy) is 1. The number of rotatable bonds is 5. The molecule has 1 aliphatic heterocycles. The van der Waals surface area contributed by atoms with E-state index in [1.807, 2.05) is 0 Å². The smallest absolute Gasteiger partial charge is 0.339 e. The van der Waals surface area contributed by atoms with Crippen LogP contribution in [0.1, 0.15) is 44.1 Å². The Kier molecular flexibility index (Phi) is 6.59. The molecule has 0 saturated carbocycles. The minimum atomic E-state index is -0.551. The first-order valence-electron chi connectivity index (χ1n) is 10.1. The first-order chi connectivity index (χ1) is 16.0. The van der Waals surface area contributed by atoms with Gasteiger partial charge < -0.3 is 20.3 Å². The van der Waals surface area contributed by atoms with Crippen LogP contribution in [0.5, 0.6) is 0 Å². The number of likely N-dealkylation sites (tertiary alicyclic amines) is 1. The number of benzene rings is 2. The monoisotopic (exact) mass is 469 g/mol. The highest BCUT2D eigenvalue weighted by molar-refractivity contribution is 7.13. The highest BCUT2D eigenvalue weighted by Crippen LogP contribution is 2.34. The summed E-state index contributed by atoms with van der Waals surface area (Å²) in [6.45, 7) is 0.494. The molecule has 1 aliphatic rings. The van der Waals surface area contributed by atoms with E-state index in [4.69, 9.17) is 4.74 Å². The zero-order valence-corrected chi connectivity index (χ0v) is 18.4. The lowest BCUT2D eigenvalue weighted by atomic mass is 10.2. The molecule has 3 aromatic rings. The highest BCUT2D eigenvalue weighted by Gasteiger charge is 2.33. The van der Waals surface area contributed by atoms with Crippen molar-refractivity contribution >= 4 is 40.6 Å². The number of nitrogens with zero attached hydrogens (tertiary/aromatic N) is 3. The second-order valence-corrected chi connectivity index (χ2v) is 8.23. The highest BCUT2D eigenvalue weighted by atomic mass is 32.1. The molecule has 3 amide bonds. The largest absolute Gasteiger partial charge is 0.465 e. The molecule has 0 aliphatic carbocycles. The molecule has 0 radical (unpaired) electrons. The maximum Gasteiger partial charge on any atom is 0.339 e. The molecule has 9 nitrogen and oxygen atoms in total. The van der Waals surface area contributed by atoms with Crippen LogP contribution < -0.4 is 10.6 Å². The normalized spacial score (nSPS) is 15.2. The number of urea groups is 1. The lowest BCUT2D eigenvalue weighted by molar-refractivity contribution is 0.0601. The van der Waals surface area contributed by atoms with Gasteiger partial charge in [0.25, 0.3) is 5.91 Å². The number of carbonyl (C=O) groups excluding carboxylic acids is 3. The van der Waals surface area contributed by atoms with Crippen LogP contribution in [0.25, 0.3) is 0 Å². The second-order valence-electron chi connectivity index (χ2n) is 7.23. The molecule has 2 aromatic carbocycles. The molecule has 4 rings (SSSR count). The Labute approximate surface area is 192 Å². The van der Waals surface area contributed by atoms with E-state index in [2.05, 4.69) is 20.8 Å². The van der Waals surface area contributed by atoms with Crippen molar-refractivity contribution in [3.63, 3.8) is 0 Å². The van der Waals surface area contributed by atoms with Crippen LogP contribution in [0.15, 0.2) is 48.5 Å². The first kappa shape index (κ1) is 22.3. The summed E-state index contributed by atoms with van der Waals surface area (Å²) in [6.07, 6.45) is 1.42. The predicted molar refractivity (Wildman–Crippen MR) is 120 cm³/mol. The van der Waals surface area contributed by atoms with Crippen LogP contribution >= 0.6 is 11.3 Å². The number of nitrogens with one attached hydrogen (secondary N) is 2. The van der Waals surface area contributed by atoms with E-state index in [-0.39, 0.29) is 22.6 Å². The number of hydrogen-bond donors (Lipinski definition) is 2. The minimum Gasteiger partial charge on any atom is -0.465 e. The summed E-state index contributed by atoms with van der Waals surface area (Å²) in [4.78, 5) is 39.0. The predicted octanol–water partition coefficient (Wildman–Crippen LogP) is 4.09. The van der Waals surface area contributed by atoms with Gasteiger partial charge in [0.2, 0.25) is 5.01 Å². The second kappa shape index (κ2) is 9.74. The van der Waals surface area contributed by atoms with Gasteiger partial charge in [0.05, 0.1) is 24.4 Å². The average Bonchev–Trinajstić information content (AvgIpc) is 3.50. The molecule has 2 N–H and O–H groups in total. The topological polar surface area (TPSA) is 114 Å². The Bertz CT molecular complexity index is 1180. The molecule has 1 atom stereocenters. The van der Waals surface area contributed by atoms with Crippen molar-refractivity contribution in [1.82, 2.24) is 15.1 Å². The van der Waals surface area contributed by atoms with Crippen LogP contribution in [-0.2, 0) is 4.74 Å². The van der Waals surface area contributed by atoms with E-state index in [0.717, 1.165) is 17.8 Å². The van der Waals surface area contributed by atoms with E-state index in [0.29, 0.717) is 29.3 Å². The SMILES string of the molecule is COC(=O)c1ccccc1NC(=O)N1CCC[C@@H]1c1nnc(C(=O)Nc2ccc(F)cc2)s1. The molecule has 170 valence electrons. The molecule has 2 heterocycles. The van der Waals surface area contributed by atoms with Gasteiger partial charge in [-0.2, -0.15) is 0 Å². The number of methoxy groups -OCH3 is 1. The Balaban J connectivity index is 1.46. The van der Waals surface area contributed by atoms with Gasteiger partial charge in [-0.1, -0.05) is 23.5 Å². The lowest BCUT2D eigenvalue weighted by Gasteiger charge is -2.23. The first-order valence-corrected chi connectivity index (χ1v) is 10.9. The van der Waals surface area contributed by atoms with E-state index < -0.39 is 17.7 Å². The van der Waals surface area contributed by atoms with Crippen LogP contribution in [-0.4, -0.2) is 46.7 Å². The molecule has 11 heteroatoms. The molecular formula is C22H20FN5O4S. The van der Waals surface area contributed by atoms with Gasteiger partial charge in [-0.05, 0) is 49.2 Å². The maximum absolute atomic E-state index is 13.0. The zero-order valence-electron chi connectivity index (χ0n) is 17.6. The van der Waals surface area contributed by atoms with Crippen molar-refractivity contribution in [2.45, 2.75) is 18.9 Å². The summed E-state index contributed by atoms with van der Waals surface area (Å²) >= 11 is 1.10. The number of hydrogen-bond acceptors (Lipinski definition) is 7. The third kappa shape index (κ3) is 4.98. The van der Waals surface area contributed by atoms with Crippen molar-refractivity contribution in [2.24, 2.45) is 0 Å². The van der Waals surface area contributed by atoms with Gasteiger partial charge in [-0.3, -0.25) is 4.79 Å². The summed E-state index contributed by atoms with van der Waals surface area (Å²) in [5.41, 5.74) is 1.03. The third-order valence-corrected chi connectivity index (χ3v) is 6.13. The van der Waals surface area contributed by atoms with Crippen LogP contribution in [0.2, 0.25) is 0 Å². The minimum absolute atomic E-state index is 0.137. The number of halogens is 1. The standard InChI is InChI=1S/C22H20FN5O4S/c1-32-21(30)15-5-2-3-6-16(15)25-22(31)28-12-4-7-17(28)19-26-27-20(33-19)18(29)24-14-10-8-13(23)9-11-14/h2-3,5-6,8-11,17H,4,7,12H2,1H3,(H,24,29)(H,25,31)/t17-/m1/s1. The van der Waals surface area contributed by atoms with Crippen LogP contribution in [0.4, 0.5) is 20.6 Å². The Morgan fingerprint density at radius 3 is 2.61 bits per heavy atom. The fraction of sp³-hybridized carbons (Fsp3) is 0.227. The van der Waals surface area contributed by atoms with Crippen LogP contribution in [0.3, 0.4) is 0 Å². The quantitative estimate of drug-likeness (QED) is 0.544. The van der Waals surface area contributed by atoms with Gasteiger partial charge in [0.1, 0.15) is 10.8 Å². The average molecular weight is 469 g/mol. The molecule has 33 heavy (non-hydrogen) atoms. The molecule has 1 aromatic heterocycles. The van der Waals surface area contributed by atoms with Gasteiger partial charge >= 0.3 is 12.0 Å². The number of aromatic nitrogens is 2. The molecule has 0 bridgehead atoms.